The number of methoxy groups -OCH3 is 1. The van der Waals surface area contributed by atoms with Crippen molar-refractivity contribution >= 4 is 16.0 Å². The van der Waals surface area contributed by atoms with Crippen LogP contribution in [0.2, 0.25) is 0 Å². The van der Waals surface area contributed by atoms with Crippen LogP contribution in [0.25, 0.3) is 0 Å². The quantitative estimate of drug-likeness (QED) is 0.752. The minimum Gasteiger partial charge on any atom is -0.468 e. The van der Waals surface area contributed by atoms with Crippen molar-refractivity contribution in [2.75, 3.05) is 20.2 Å². The minimum atomic E-state index is -3.68. The molecule has 0 amide bonds. The SMILES string of the molecule is CCCN(CC(=O)OC)S(=O)(=O)c1cc(C)cc(C)c1. The highest BCUT2D eigenvalue weighted by Crippen LogP contribution is 2.19. The van der Waals surface area contributed by atoms with Gasteiger partial charge in [0.1, 0.15) is 6.54 Å². The van der Waals surface area contributed by atoms with E-state index < -0.39 is 16.0 Å². The van der Waals surface area contributed by atoms with Gasteiger partial charge in [-0.2, -0.15) is 4.31 Å². The van der Waals surface area contributed by atoms with Crippen LogP contribution in [0.5, 0.6) is 0 Å². The third-order valence-corrected chi connectivity index (χ3v) is 4.66. The average Bonchev–Trinajstić information content (AvgIpc) is 2.36. The molecule has 20 heavy (non-hydrogen) atoms. The zero-order valence-corrected chi connectivity index (χ0v) is 13.2. The van der Waals surface area contributed by atoms with Crippen molar-refractivity contribution in [3.05, 3.63) is 29.3 Å². The Balaban J connectivity index is 3.18. The summed E-state index contributed by atoms with van der Waals surface area (Å²) in [7, 11) is -2.43. The van der Waals surface area contributed by atoms with Crippen LogP contribution in [-0.4, -0.2) is 38.9 Å². The van der Waals surface area contributed by atoms with Gasteiger partial charge in [-0.15, -0.1) is 0 Å². The lowest BCUT2D eigenvalue weighted by atomic mass is 10.2. The van der Waals surface area contributed by atoms with Crippen molar-refractivity contribution in [3.8, 4) is 0 Å². The number of nitrogens with zero attached hydrogens (tertiary/aromatic N) is 1. The van der Waals surface area contributed by atoms with Crippen molar-refractivity contribution in [1.29, 1.82) is 0 Å². The average molecular weight is 299 g/mol. The number of hydrogen-bond donors (Lipinski definition) is 0. The van der Waals surface area contributed by atoms with Crippen LogP contribution in [-0.2, 0) is 19.6 Å². The van der Waals surface area contributed by atoms with Gasteiger partial charge in [0.05, 0.1) is 12.0 Å². The molecule has 5 nitrogen and oxygen atoms in total. The van der Waals surface area contributed by atoms with Crippen LogP contribution >= 0.6 is 0 Å². The molecule has 0 saturated carbocycles. The number of carbonyl (C=O) groups excluding carboxylic acids is 1. The van der Waals surface area contributed by atoms with Gasteiger partial charge < -0.3 is 4.74 Å². The Morgan fingerprint density at radius 2 is 1.75 bits per heavy atom. The molecule has 1 aromatic rings. The number of hydrogen-bond acceptors (Lipinski definition) is 4. The summed E-state index contributed by atoms with van der Waals surface area (Å²) in [6.45, 7) is 5.57. The summed E-state index contributed by atoms with van der Waals surface area (Å²) in [5, 5.41) is 0. The highest BCUT2D eigenvalue weighted by Gasteiger charge is 2.26. The summed E-state index contributed by atoms with van der Waals surface area (Å²) >= 11 is 0. The van der Waals surface area contributed by atoms with Gasteiger partial charge in [-0.05, 0) is 43.5 Å². The number of esters is 1. The minimum absolute atomic E-state index is 0.215. The van der Waals surface area contributed by atoms with E-state index in [1.165, 1.54) is 7.11 Å². The molecule has 0 aliphatic rings. The largest absolute Gasteiger partial charge is 0.468 e. The van der Waals surface area contributed by atoms with E-state index in [1.807, 2.05) is 26.8 Å². The number of aryl methyl sites for hydroxylation is 2. The van der Waals surface area contributed by atoms with Crippen molar-refractivity contribution < 1.29 is 17.9 Å². The van der Waals surface area contributed by atoms with Crippen LogP contribution in [0, 0.1) is 13.8 Å². The Hall–Kier alpha value is -1.40. The number of carbonyl (C=O) groups is 1. The molecule has 0 heterocycles. The molecule has 0 unspecified atom stereocenters. The number of benzene rings is 1. The third-order valence-electron chi connectivity index (χ3n) is 2.84. The predicted molar refractivity (Wildman–Crippen MR) is 77.0 cm³/mol. The molecule has 0 spiro atoms. The zero-order chi connectivity index (χ0) is 15.3. The molecule has 1 aromatic carbocycles. The normalized spacial score (nSPS) is 11.7. The lowest BCUT2D eigenvalue weighted by Gasteiger charge is -2.20. The molecule has 0 aliphatic heterocycles. The van der Waals surface area contributed by atoms with Gasteiger partial charge in [0.2, 0.25) is 10.0 Å². The van der Waals surface area contributed by atoms with Crippen molar-refractivity contribution in [3.63, 3.8) is 0 Å². The van der Waals surface area contributed by atoms with E-state index in [-0.39, 0.29) is 18.0 Å². The molecule has 0 fully saturated rings. The van der Waals surface area contributed by atoms with Gasteiger partial charge in [-0.3, -0.25) is 4.79 Å². The molecule has 1 rings (SSSR count). The highest BCUT2D eigenvalue weighted by molar-refractivity contribution is 7.89. The summed E-state index contributed by atoms with van der Waals surface area (Å²) in [6.07, 6.45) is 0.626. The van der Waals surface area contributed by atoms with Crippen LogP contribution in [0.1, 0.15) is 24.5 Å². The lowest BCUT2D eigenvalue weighted by molar-refractivity contribution is -0.140. The standard InChI is InChI=1S/C14H21NO4S/c1-5-6-15(10-14(16)19-4)20(17,18)13-8-11(2)7-12(3)9-13/h7-9H,5-6,10H2,1-4H3. The molecule has 112 valence electrons. The van der Waals surface area contributed by atoms with Gasteiger partial charge in [-0.1, -0.05) is 13.0 Å². The van der Waals surface area contributed by atoms with Crippen molar-refractivity contribution in [2.24, 2.45) is 0 Å². The summed E-state index contributed by atoms with van der Waals surface area (Å²) in [6, 6.07) is 5.13. The maximum Gasteiger partial charge on any atom is 0.321 e. The highest BCUT2D eigenvalue weighted by atomic mass is 32.2. The third kappa shape index (κ3) is 4.05. The molecule has 0 aromatic heterocycles. The van der Waals surface area contributed by atoms with E-state index in [0.717, 1.165) is 15.4 Å². The molecule has 0 aliphatic carbocycles. The summed E-state index contributed by atoms with van der Waals surface area (Å²) in [5.41, 5.74) is 1.75. The topological polar surface area (TPSA) is 63.7 Å². The fourth-order valence-electron chi connectivity index (χ4n) is 1.97. The van der Waals surface area contributed by atoms with Gasteiger partial charge in [0.15, 0.2) is 0 Å². The van der Waals surface area contributed by atoms with E-state index in [4.69, 9.17) is 0 Å². The molecule has 0 atom stereocenters. The molecular weight excluding hydrogens is 278 g/mol. The maximum absolute atomic E-state index is 12.6. The lowest BCUT2D eigenvalue weighted by Crippen LogP contribution is -2.36. The van der Waals surface area contributed by atoms with E-state index in [1.54, 1.807) is 12.1 Å². The first-order chi connectivity index (χ1) is 9.31. The van der Waals surface area contributed by atoms with Gasteiger partial charge in [-0.25, -0.2) is 8.42 Å². The van der Waals surface area contributed by atoms with Gasteiger partial charge in [0.25, 0.3) is 0 Å². The van der Waals surface area contributed by atoms with Crippen LogP contribution < -0.4 is 0 Å². The first-order valence-corrected chi connectivity index (χ1v) is 7.90. The molecule has 0 N–H and O–H groups in total. The monoisotopic (exact) mass is 299 g/mol. The Kier molecular flexibility index (Phi) is 5.71. The number of rotatable bonds is 6. The molecule has 6 heteroatoms. The smallest absolute Gasteiger partial charge is 0.321 e. The second-order valence-electron chi connectivity index (χ2n) is 4.74. The summed E-state index contributed by atoms with van der Waals surface area (Å²) < 4.78 is 30.9. The second kappa shape index (κ2) is 6.85. The molecule has 0 radical (unpaired) electrons. The maximum atomic E-state index is 12.6. The fourth-order valence-corrected chi connectivity index (χ4v) is 3.64. The molecule has 0 bridgehead atoms. The van der Waals surface area contributed by atoms with Crippen LogP contribution in [0.3, 0.4) is 0 Å². The van der Waals surface area contributed by atoms with E-state index in [9.17, 15) is 13.2 Å². The molecular formula is C14H21NO4S. The number of ether oxygens (including phenoxy) is 1. The predicted octanol–water partition coefficient (Wildman–Crippen LogP) is 1.88. The zero-order valence-electron chi connectivity index (χ0n) is 12.3. The van der Waals surface area contributed by atoms with Gasteiger partial charge >= 0.3 is 5.97 Å². The summed E-state index contributed by atoms with van der Waals surface area (Å²) in [4.78, 5) is 11.6. The van der Waals surface area contributed by atoms with Crippen LogP contribution in [0.15, 0.2) is 23.1 Å². The fraction of sp³-hybridized carbons (Fsp3) is 0.500. The number of sulfonamides is 1. The van der Waals surface area contributed by atoms with E-state index >= 15 is 0 Å². The molecule has 0 saturated heterocycles. The summed E-state index contributed by atoms with van der Waals surface area (Å²) in [5.74, 6) is -0.564. The second-order valence-corrected chi connectivity index (χ2v) is 6.68. The first kappa shape index (κ1) is 16.7. The van der Waals surface area contributed by atoms with Gasteiger partial charge in [0, 0.05) is 6.54 Å². The van der Waals surface area contributed by atoms with Crippen molar-refractivity contribution in [2.45, 2.75) is 32.1 Å². The first-order valence-electron chi connectivity index (χ1n) is 6.46. The Labute approximate surface area is 120 Å². The van der Waals surface area contributed by atoms with E-state index in [2.05, 4.69) is 4.74 Å². The van der Waals surface area contributed by atoms with Crippen molar-refractivity contribution in [1.82, 2.24) is 4.31 Å². The Bertz CT molecular complexity index is 561. The van der Waals surface area contributed by atoms with E-state index in [0.29, 0.717) is 6.42 Å². The Morgan fingerprint density at radius 3 is 2.20 bits per heavy atom. The van der Waals surface area contributed by atoms with Crippen LogP contribution in [0.4, 0.5) is 0 Å². The Morgan fingerprint density at radius 1 is 1.20 bits per heavy atom.